The highest BCUT2D eigenvalue weighted by Crippen LogP contribution is 2.35. The molecule has 1 rings (SSSR count). The monoisotopic (exact) mass is 297 g/mol. The van der Waals surface area contributed by atoms with Crippen LogP contribution < -0.4 is 5.32 Å². The molecule has 0 saturated heterocycles. The van der Waals surface area contributed by atoms with Crippen LogP contribution in [0.2, 0.25) is 0 Å². The average Bonchev–Trinajstić information content (AvgIpc) is 2.46. The standard InChI is InChI=1S/C19H39NO/c1-6-12-20-17(7-2)9-8-13-21-19-14-16(5)10-11-18(19)15(3)4/h15-20H,6-14H2,1-5H3. The first-order chi connectivity index (χ1) is 10.1. The van der Waals surface area contributed by atoms with Gasteiger partial charge in [-0.2, -0.15) is 0 Å². The smallest absolute Gasteiger partial charge is 0.0608 e. The highest BCUT2D eigenvalue weighted by Gasteiger charge is 2.31. The molecule has 0 aromatic carbocycles. The van der Waals surface area contributed by atoms with E-state index in [1.807, 2.05) is 0 Å². The quantitative estimate of drug-likeness (QED) is 0.571. The Kier molecular flexibility index (Phi) is 9.59. The number of ether oxygens (including phenoxy) is 1. The molecule has 1 N–H and O–H groups in total. The lowest BCUT2D eigenvalue weighted by Crippen LogP contribution is -2.35. The van der Waals surface area contributed by atoms with Crippen molar-refractivity contribution in [2.75, 3.05) is 13.2 Å². The van der Waals surface area contributed by atoms with E-state index >= 15 is 0 Å². The van der Waals surface area contributed by atoms with Crippen molar-refractivity contribution >= 4 is 0 Å². The first kappa shape index (κ1) is 19.0. The van der Waals surface area contributed by atoms with Gasteiger partial charge in [-0.15, -0.1) is 0 Å². The zero-order chi connectivity index (χ0) is 15.7. The molecule has 0 aliphatic heterocycles. The van der Waals surface area contributed by atoms with Gasteiger partial charge >= 0.3 is 0 Å². The van der Waals surface area contributed by atoms with Crippen molar-refractivity contribution in [2.24, 2.45) is 17.8 Å². The summed E-state index contributed by atoms with van der Waals surface area (Å²) < 4.78 is 6.30. The van der Waals surface area contributed by atoms with Gasteiger partial charge in [-0.05, 0) is 62.8 Å². The Morgan fingerprint density at radius 2 is 1.95 bits per heavy atom. The molecule has 0 aromatic rings. The first-order valence-corrected chi connectivity index (χ1v) is 9.43. The molecular weight excluding hydrogens is 258 g/mol. The summed E-state index contributed by atoms with van der Waals surface area (Å²) in [5, 5.41) is 3.64. The van der Waals surface area contributed by atoms with Crippen molar-refractivity contribution in [3.63, 3.8) is 0 Å². The molecule has 4 atom stereocenters. The molecule has 0 radical (unpaired) electrons. The third-order valence-electron chi connectivity index (χ3n) is 5.17. The van der Waals surface area contributed by atoms with Crippen LogP contribution in [0.25, 0.3) is 0 Å². The van der Waals surface area contributed by atoms with Gasteiger partial charge in [0.2, 0.25) is 0 Å². The van der Waals surface area contributed by atoms with Gasteiger partial charge in [0.15, 0.2) is 0 Å². The second-order valence-electron chi connectivity index (χ2n) is 7.44. The molecule has 2 heteroatoms. The maximum Gasteiger partial charge on any atom is 0.0608 e. The Hall–Kier alpha value is -0.0800. The lowest BCUT2D eigenvalue weighted by atomic mass is 9.75. The van der Waals surface area contributed by atoms with Crippen LogP contribution in [-0.4, -0.2) is 25.3 Å². The van der Waals surface area contributed by atoms with Crippen molar-refractivity contribution in [3.05, 3.63) is 0 Å². The van der Waals surface area contributed by atoms with E-state index in [-0.39, 0.29) is 0 Å². The van der Waals surface area contributed by atoms with Crippen LogP contribution in [0.4, 0.5) is 0 Å². The number of hydrogen-bond donors (Lipinski definition) is 1. The summed E-state index contributed by atoms with van der Waals surface area (Å²) in [4.78, 5) is 0. The van der Waals surface area contributed by atoms with Crippen molar-refractivity contribution in [1.82, 2.24) is 5.32 Å². The average molecular weight is 298 g/mol. The Bertz CT molecular complexity index is 254. The number of rotatable bonds is 10. The van der Waals surface area contributed by atoms with Gasteiger partial charge in [-0.1, -0.05) is 41.0 Å². The minimum absolute atomic E-state index is 0.512. The van der Waals surface area contributed by atoms with Gasteiger partial charge in [-0.25, -0.2) is 0 Å². The predicted octanol–water partition coefficient (Wildman–Crippen LogP) is 5.02. The molecule has 0 amide bonds. The molecule has 21 heavy (non-hydrogen) atoms. The molecular formula is C19H39NO. The topological polar surface area (TPSA) is 21.3 Å². The highest BCUT2D eigenvalue weighted by atomic mass is 16.5. The number of nitrogens with one attached hydrogen (secondary N) is 1. The first-order valence-electron chi connectivity index (χ1n) is 9.43. The molecule has 4 unspecified atom stereocenters. The summed E-state index contributed by atoms with van der Waals surface area (Å²) in [6.07, 6.45) is 9.45. The van der Waals surface area contributed by atoms with E-state index in [2.05, 4.69) is 39.9 Å². The molecule has 0 aromatic heterocycles. The summed E-state index contributed by atoms with van der Waals surface area (Å²) >= 11 is 0. The van der Waals surface area contributed by atoms with Crippen LogP contribution in [-0.2, 0) is 4.74 Å². The summed E-state index contributed by atoms with van der Waals surface area (Å²) in [7, 11) is 0. The van der Waals surface area contributed by atoms with E-state index in [9.17, 15) is 0 Å². The van der Waals surface area contributed by atoms with Crippen LogP contribution in [0.1, 0.15) is 79.6 Å². The second kappa shape index (κ2) is 10.6. The van der Waals surface area contributed by atoms with Gasteiger partial charge in [0, 0.05) is 12.6 Å². The zero-order valence-electron chi connectivity index (χ0n) is 15.2. The van der Waals surface area contributed by atoms with E-state index < -0.39 is 0 Å². The van der Waals surface area contributed by atoms with Gasteiger partial charge in [0.05, 0.1) is 6.10 Å². The lowest BCUT2D eigenvalue weighted by molar-refractivity contribution is -0.0398. The van der Waals surface area contributed by atoms with E-state index in [4.69, 9.17) is 4.74 Å². The predicted molar refractivity (Wildman–Crippen MR) is 92.7 cm³/mol. The molecule has 126 valence electrons. The molecule has 1 aliphatic rings. The zero-order valence-corrected chi connectivity index (χ0v) is 15.2. The van der Waals surface area contributed by atoms with Crippen molar-refractivity contribution in [2.45, 2.75) is 91.7 Å². The van der Waals surface area contributed by atoms with Gasteiger partial charge in [0.25, 0.3) is 0 Å². The maximum absolute atomic E-state index is 6.30. The molecule has 0 bridgehead atoms. The maximum atomic E-state index is 6.30. The van der Waals surface area contributed by atoms with Crippen LogP contribution in [0.15, 0.2) is 0 Å². The minimum Gasteiger partial charge on any atom is -0.378 e. The Morgan fingerprint density at radius 3 is 2.57 bits per heavy atom. The summed E-state index contributed by atoms with van der Waals surface area (Å²) in [6.45, 7) is 13.7. The van der Waals surface area contributed by atoms with Crippen molar-refractivity contribution in [3.8, 4) is 0 Å². The van der Waals surface area contributed by atoms with E-state index in [0.29, 0.717) is 12.1 Å². The largest absolute Gasteiger partial charge is 0.378 e. The van der Waals surface area contributed by atoms with E-state index in [1.165, 1.54) is 44.9 Å². The minimum atomic E-state index is 0.512. The highest BCUT2D eigenvalue weighted by molar-refractivity contribution is 4.81. The fourth-order valence-electron chi connectivity index (χ4n) is 3.67. The van der Waals surface area contributed by atoms with Crippen molar-refractivity contribution in [1.29, 1.82) is 0 Å². The van der Waals surface area contributed by atoms with Crippen molar-refractivity contribution < 1.29 is 4.74 Å². The van der Waals surface area contributed by atoms with E-state index in [1.54, 1.807) is 0 Å². The molecule has 0 spiro atoms. The van der Waals surface area contributed by atoms with Gasteiger partial charge in [-0.3, -0.25) is 0 Å². The fraction of sp³-hybridized carbons (Fsp3) is 1.00. The summed E-state index contributed by atoms with van der Waals surface area (Å²) in [5.74, 6) is 2.39. The second-order valence-corrected chi connectivity index (χ2v) is 7.44. The molecule has 0 heterocycles. The lowest BCUT2D eigenvalue weighted by Gasteiger charge is -2.37. The van der Waals surface area contributed by atoms with Crippen LogP contribution >= 0.6 is 0 Å². The molecule has 2 nitrogen and oxygen atoms in total. The normalized spacial score (nSPS) is 28.0. The van der Waals surface area contributed by atoms with E-state index in [0.717, 1.165) is 30.9 Å². The Labute approximate surface area is 133 Å². The summed E-state index contributed by atoms with van der Waals surface area (Å²) in [5.41, 5.74) is 0. The summed E-state index contributed by atoms with van der Waals surface area (Å²) in [6, 6.07) is 0.680. The Balaban J connectivity index is 2.25. The van der Waals surface area contributed by atoms with Gasteiger partial charge < -0.3 is 10.1 Å². The van der Waals surface area contributed by atoms with Gasteiger partial charge in [0.1, 0.15) is 0 Å². The third kappa shape index (κ3) is 7.15. The molecule has 1 fully saturated rings. The molecule has 1 aliphatic carbocycles. The fourth-order valence-corrected chi connectivity index (χ4v) is 3.67. The Morgan fingerprint density at radius 1 is 1.19 bits per heavy atom. The third-order valence-corrected chi connectivity index (χ3v) is 5.17. The van der Waals surface area contributed by atoms with Crippen LogP contribution in [0.5, 0.6) is 0 Å². The number of hydrogen-bond acceptors (Lipinski definition) is 2. The molecule has 1 saturated carbocycles. The van der Waals surface area contributed by atoms with Crippen LogP contribution in [0.3, 0.4) is 0 Å². The van der Waals surface area contributed by atoms with Crippen LogP contribution in [0, 0.1) is 17.8 Å². The SMILES string of the molecule is CCCNC(CC)CCCOC1CC(C)CCC1C(C)C.